The van der Waals surface area contributed by atoms with E-state index in [1.807, 2.05) is 18.2 Å². The van der Waals surface area contributed by atoms with Crippen molar-refractivity contribution in [3.05, 3.63) is 204 Å². The third-order valence-corrected chi connectivity index (χ3v) is 22.7. The van der Waals surface area contributed by atoms with Gasteiger partial charge >= 0.3 is 35.8 Å². The van der Waals surface area contributed by atoms with E-state index >= 15 is 9.59 Å². The number of aliphatic hydroxyl groups excluding tert-OH is 1. The van der Waals surface area contributed by atoms with Crippen LogP contribution in [0.5, 0.6) is 0 Å². The standard InChI is InChI=1S/C96H124N6O25/c1-10-12-13-14-15-16-17-18-19-20-21-22-23-24-25-26-27-28-29-40-51-70(105)52-41-33-42-53-71(100-79(110)60-119-9)89(114)99-58-76(107)98-59-77(108)101-72(91(116)121-11-2)54-43-44-55-97-78(109)61-120-62-80(111)125-84(82(67-45-34-30-35-46-67)102-88(113)68-47-36-31-37-48-68)92(117)124-73-57-96(118)87(126-90(115)69-49-38-32-39-50-69)85-94(8,74(106)56-75-95(85,63-122-75)127-66(5)104)86(112)83(123-65(4)103)81(64(73)3)93(96,6)7/h12-13,15-16,18-19,21-22,24-25,27-28,30-32,34-40,45-51,71-75,82-85,87,106,118H,10-11,14,17,20,23,26,29,33,41-44,52-63H2,1-9H3,(H,97,109)(H,98,107)(H,99,114)(H,100,110)(H,101,108)(H,102,113)/b13-12-,16-15-,19-18-,22-21-,25-24-,28-27-,51-40-/t71-,72-,73-,74-,75+,82-,83+,84+,85-,87-,94+,95-,96+/m0/s1. The summed E-state index contributed by atoms with van der Waals surface area (Å²) in [5.41, 5.74) is -8.33. The molecule has 0 radical (unpaired) electrons. The van der Waals surface area contributed by atoms with Gasteiger partial charge in [-0.3, -0.25) is 47.9 Å². The number of esters is 6. The van der Waals surface area contributed by atoms with E-state index in [2.05, 4.69) is 99.6 Å². The number of benzene rings is 3. The molecule has 0 spiro atoms. The van der Waals surface area contributed by atoms with E-state index in [4.69, 9.17) is 42.6 Å². The fourth-order valence-corrected chi connectivity index (χ4v) is 16.1. The van der Waals surface area contributed by atoms with Gasteiger partial charge < -0.3 is 84.7 Å². The minimum absolute atomic E-state index is 0.00624. The molecule has 6 amide bonds. The molecule has 127 heavy (non-hydrogen) atoms. The van der Waals surface area contributed by atoms with Crippen molar-refractivity contribution in [3.63, 3.8) is 0 Å². The highest BCUT2D eigenvalue weighted by Gasteiger charge is 2.78. The predicted octanol–water partition coefficient (Wildman–Crippen LogP) is 9.16. The van der Waals surface area contributed by atoms with Crippen LogP contribution in [0, 0.1) is 16.7 Å². The Labute approximate surface area is 742 Å². The molecule has 3 aliphatic carbocycles. The summed E-state index contributed by atoms with van der Waals surface area (Å²) in [6.07, 6.45) is 25.8. The lowest BCUT2D eigenvalue weighted by atomic mass is 9.44. The van der Waals surface area contributed by atoms with Crippen molar-refractivity contribution in [2.75, 3.05) is 59.8 Å². The summed E-state index contributed by atoms with van der Waals surface area (Å²) in [4.78, 5) is 193. The molecule has 31 heteroatoms. The zero-order valence-corrected chi connectivity index (χ0v) is 74.0. The Hall–Kier alpha value is -11.6. The number of aliphatic hydroxyl groups is 2. The van der Waals surface area contributed by atoms with Crippen molar-refractivity contribution < 1.29 is 120 Å². The van der Waals surface area contributed by atoms with E-state index < -0.39 is 199 Å². The van der Waals surface area contributed by atoms with Crippen LogP contribution in [-0.2, 0) is 100 Å². The number of carbonyl (C=O) groups is 14. The van der Waals surface area contributed by atoms with Crippen LogP contribution in [0.2, 0.25) is 0 Å². The summed E-state index contributed by atoms with van der Waals surface area (Å²) < 4.78 is 52.6. The van der Waals surface area contributed by atoms with E-state index in [1.54, 1.807) is 67.6 Å². The summed E-state index contributed by atoms with van der Waals surface area (Å²) in [7, 11) is 1.32. The number of ketones is 2. The minimum Gasteiger partial charge on any atom is -0.464 e. The Morgan fingerprint density at radius 3 is 1.73 bits per heavy atom. The van der Waals surface area contributed by atoms with Gasteiger partial charge in [0, 0.05) is 57.7 Å². The van der Waals surface area contributed by atoms with Gasteiger partial charge in [0.1, 0.15) is 61.9 Å². The van der Waals surface area contributed by atoms with Crippen LogP contribution >= 0.6 is 0 Å². The van der Waals surface area contributed by atoms with Crippen LogP contribution in [0.3, 0.4) is 0 Å². The smallest absolute Gasteiger partial charge is 0.350 e. The predicted molar refractivity (Wildman–Crippen MR) is 468 cm³/mol. The molecule has 13 atom stereocenters. The number of amides is 6. The van der Waals surface area contributed by atoms with Gasteiger partial charge in [0.05, 0.1) is 49.3 Å². The van der Waals surface area contributed by atoms with Crippen molar-refractivity contribution in [1.29, 1.82) is 0 Å². The number of allylic oxidation sites excluding steroid dienone is 14. The molecule has 0 aromatic heterocycles. The van der Waals surface area contributed by atoms with Crippen LogP contribution in [0.25, 0.3) is 0 Å². The summed E-state index contributed by atoms with van der Waals surface area (Å²) in [5.74, 6) is -13.3. The van der Waals surface area contributed by atoms with Crippen LogP contribution in [0.15, 0.2) is 187 Å². The highest BCUT2D eigenvalue weighted by Crippen LogP contribution is 2.64. The topological polar surface area (TPSA) is 435 Å². The van der Waals surface area contributed by atoms with Crippen molar-refractivity contribution in [1.82, 2.24) is 31.9 Å². The fourth-order valence-electron chi connectivity index (χ4n) is 16.1. The Kier molecular flexibility index (Phi) is 41.8. The van der Waals surface area contributed by atoms with E-state index in [9.17, 15) is 67.7 Å². The molecule has 1 aliphatic heterocycles. The number of hydrogen-bond donors (Lipinski definition) is 8. The number of carbonyl (C=O) groups excluding carboxylic acids is 14. The van der Waals surface area contributed by atoms with Gasteiger partial charge in [0.2, 0.25) is 35.6 Å². The Balaban J connectivity index is 0.924. The molecule has 31 nitrogen and oxygen atoms in total. The van der Waals surface area contributed by atoms with Gasteiger partial charge in [-0.2, -0.15) is 0 Å². The van der Waals surface area contributed by atoms with Crippen molar-refractivity contribution in [3.8, 4) is 0 Å². The first-order chi connectivity index (χ1) is 60.9. The number of fused-ring (bicyclic) bond motifs is 5. The monoisotopic (exact) mass is 1760 g/mol. The lowest BCUT2D eigenvalue weighted by molar-refractivity contribution is -0.346. The second kappa shape index (κ2) is 51.8. The van der Waals surface area contributed by atoms with E-state index in [0.717, 1.165) is 52.4 Å². The number of unbranched alkanes of at least 4 members (excludes halogenated alkanes) is 3. The van der Waals surface area contributed by atoms with Crippen LogP contribution < -0.4 is 31.9 Å². The molecule has 688 valence electrons. The normalized spacial score (nSPS) is 22.2. The number of rotatable bonds is 51. The SMILES string of the molecule is CC/C=C\C/C=C\C/C=C\C/C=C\C/C=C\C/C=C\C/C=C\C(=O)CCCCC[C@H](NC(=O)COC)C(=O)NCC(=O)NCC(=O)N[C@@H](CCCCNC(=O)COCC(=O)O[C@@H](C(=O)O[C@H]1C[C@@]2(O)[C@@H](OC(=O)c3ccccc3)[C@@H]3[C@]4(OC(C)=O)CO[C@@H]4C[C@H](O)[C@@]3(C)C(=O)[C@H](OC(C)=O)C(=C1C)C2(C)C)[C@@H](NC(=O)c1ccccc1)c1ccccc1)C(=O)OCC. The summed E-state index contributed by atoms with van der Waals surface area (Å²) >= 11 is 0. The first-order valence-electron chi connectivity index (χ1n) is 43.3. The number of ether oxygens (including phenoxy) is 9. The minimum atomic E-state index is -2.59. The molecule has 2 saturated carbocycles. The Morgan fingerprint density at radius 2 is 1.16 bits per heavy atom. The lowest BCUT2D eigenvalue weighted by Crippen LogP contribution is -2.82. The van der Waals surface area contributed by atoms with Gasteiger partial charge in [0.25, 0.3) is 5.91 Å². The highest BCUT2D eigenvalue weighted by atomic mass is 16.6. The third kappa shape index (κ3) is 30.0. The van der Waals surface area contributed by atoms with E-state index in [-0.39, 0.29) is 85.5 Å². The van der Waals surface area contributed by atoms with Crippen LogP contribution in [0.1, 0.15) is 197 Å². The molecule has 3 aromatic rings. The average molecular weight is 1760 g/mol. The van der Waals surface area contributed by atoms with Gasteiger partial charge in [0.15, 0.2) is 23.3 Å². The number of hydrogen-bond acceptors (Lipinski definition) is 25. The maximum Gasteiger partial charge on any atom is 0.350 e. The first kappa shape index (κ1) is 102. The molecule has 4 aliphatic rings. The van der Waals surface area contributed by atoms with Gasteiger partial charge in [-0.1, -0.05) is 179 Å². The van der Waals surface area contributed by atoms with Crippen molar-refractivity contribution >= 4 is 82.8 Å². The van der Waals surface area contributed by atoms with Gasteiger partial charge in [-0.05, 0) is 145 Å². The average Bonchev–Trinajstić information content (AvgIpc) is 0.667. The summed E-state index contributed by atoms with van der Waals surface area (Å²) in [6, 6.07) is 19.4. The van der Waals surface area contributed by atoms with Crippen LogP contribution in [-0.4, -0.2) is 213 Å². The summed E-state index contributed by atoms with van der Waals surface area (Å²) in [6.45, 7) is 7.91. The highest BCUT2D eigenvalue weighted by molar-refractivity contribution is 5.97. The Morgan fingerprint density at radius 1 is 0.591 bits per heavy atom. The van der Waals surface area contributed by atoms with Gasteiger partial charge in [-0.15, -0.1) is 0 Å². The lowest BCUT2D eigenvalue weighted by Gasteiger charge is -2.67. The number of Topliss-reactive ketones (excluding diaryl/α,β-unsaturated/α-hetero) is 1. The number of methoxy groups -OCH3 is 1. The van der Waals surface area contributed by atoms with Crippen molar-refractivity contribution in [2.24, 2.45) is 16.7 Å². The second-order valence-corrected chi connectivity index (χ2v) is 32.2. The maximum atomic E-state index is 16.0. The zero-order chi connectivity index (χ0) is 92.5. The molecule has 3 fully saturated rings. The maximum absolute atomic E-state index is 16.0. The Bertz CT molecular complexity index is 4500. The summed E-state index contributed by atoms with van der Waals surface area (Å²) in [5, 5.41) is 41.9. The molecular formula is C96H124N6O25. The molecular weight excluding hydrogens is 1640 g/mol. The quantitative estimate of drug-likeness (QED) is 0.00858. The molecule has 1 saturated heterocycles. The largest absolute Gasteiger partial charge is 0.464 e. The van der Waals surface area contributed by atoms with Crippen molar-refractivity contribution in [2.45, 2.75) is 230 Å². The molecule has 1 heterocycles. The zero-order valence-electron chi connectivity index (χ0n) is 74.0. The van der Waals surface area contributed by atoms with Gasteiger partial charge in [-0.25, -0.2) is 19.2 Å². The molecule has 0 unspecified atom stereocenters. The second-order valence-electron chi connectivity index (χ2n) is 32.2. The first-order valence-corrected chi connectivity index (χ1v) is 43.3. The molecule has 8 N–H and O–H groups in total. The molecule has 3 aromatic carbocycles. The fraction of sp³-hybridized carbons (Fsp3) is 0.500. The molecule has 2 bridgehead atoms. The molecule has 7 rings (SSSR count). The third-order valence-electron chi connectivity index (χ3n) is 22.7. The van der Waals surface area contributed by atoms with Crippen LogP contribution in [0.4, 0.5) is 0 Å². The number of nitrogens with one attached hydrogen (secondary N) is 6. The van der Waals surface area contributed by atoms with E-state index in [0.29, 0.717) is 32.1 Å². The van der Waals surface area contributed by atoms with E-state index in [1.165, 1.54) is 71.2 Å².